The molecule has 0 bridgehead atoms. The standard InChI is InChI=1S/CH4O.Cd.2NO3/c1-2;;2*2-1(3)4/h2H,1H3;;;/q;+2;2*-1. The van der Waals surface area contributed by atoms with Crippen LogP contribution in [0, 0.1) is 30.6 Å². The number of nitrogens with zero attached hydrogens (tertiary/aromatic N) is 2. The molecule has 11 heavy (non-hydrogen) atoms. The molecule has 0 amide bonds. The molecule has 0 aromatic heterocycles. The van der Waals surface area contributed by atoms with Gasteiger partial charge in [0.2, 0.25) is 0 Å². The van der Waals surface area contributed by atoms with Crippen LogP contribution in [0.1, 0.15) is 0 Å². The van der Waals surface area contributed by atoms with E-state index in [-0.39, 0.29) is 27.3 Å². The molecule has 0 atom stereocenters. The maximum atomic E-state index is 8.25. The quantitative estimate of drug-likeness (QED) is 0.340. The van der Waals surface area contributed by atoms with E-state index in [9.17, 15) is 0 Å². The fourth-order valence-electron chi connectivity index (χ4n) is 0. The molecule has 10 heteroatoms. The van der Waals surface area contributed by atoms with E-state index >= 15 is 0 Å². The average Bonchev–Trinajstić information content (AvgIpc) is 1.66. The van der Waals surface area contributed by atoms with Crippen molar-refractivity contribution < 1.29 is 42.6 Å². The molecule has 0 aliphatic rings. The van der Waals surface area contributed by atoms with Gasteiger partial charge in [0, 0.05) is 7.11 Å². The predicted octanol–water partition coefficient (Wildman–Crippen LogP) is -0.872. The Kier molecular flexibility index (Phi) is 46.6. The fourth-order valence-corrected chi connectivity index (χ4v) is 0. The third-order valence-electron chi connectivity index (χ3n) is 0. The zero-order valence-electron chi connectivity index (χ0n) is 5.50. The average molecular weight is 268 g/mol. The second-order valence-corrected chi connectivity index (χ2v) is 0.447. The van der Waals surface area contributed by atoms with E-state index < -0.39 is 10.2 Å². The third-order valence-corrected chi connectivity index (χ3v) is 0. The largest absolute Gasteiger partial charge is 2.00 e. The van der Waals surface area contributed by atoms with E-state index in [1.54, 1.807) is 0 Å². The van der Waals surface area contributed by atoms with Crippen molar-refractivity contribution in [1.29, 1.82) is 0 Å². The molecule has 9 nitrogen and oxygen atoms in total. The molecule has 0 saturated heterocycles. The first-order chi connectivity index (χ1) is 4.46. The Balaban J connectivity index is -0.0000000339. The van der Waals surface area contributed by atoms with Gasteiger partial charge in [0.15, 0.2) is 0 Å². The van der Waals surface area contributed by atoms with Gasteiger partial charge in [-0.25, -0.2) is 0 Å². The van der Waals surface area contributed by atoms with Crippen LogP contribution in [0.5, 0.6) is 0 Å². The van der Waals surface area contributed by atoms with Crippen molar-refractivity contribution in [3.05, 3.63) is 30.6 Å². The molecule has 0 aromatic rings. The van der Waals surface area contributed by atoms with Crippen LogP contribution in [0.3, 0.4) is 0 Å². The van der Waals surface area contributed by atoms with Crippen molar-refractivity contribution in [1.82, 2.24) is 0 Å². The first-order valence-corrected chi connectivity index (χ1v) is 1.54. The molecule has 1 N–H and O–H groups in total. The van der Waals surface area contributed by atoms with Crippen LogP contribution in [0.25, 0.3) is 0 Å². The minimum atomic E-state index is -1.75. The summed E-state index contributed by atoms with van der Waals surface area (Å²) in [6.45, 7) is 0. The Hall–Kier alpha value is -0.718. The molecule has 0 rings (SSSR count). The van der Waals surface area contributed by atoms with Crippen molar-refractivity contribution >= 4 is 0 Å². The maximum Gasteiger partial charge on any atom is 2.00 e. The van der Waals surface area contributed by atoms with Gasteiger partial charge in [-0.1, -0.05) is 0 Å². The minimum absolute atomic E-state index is 0. The summed E-state index contributed by atoms with van der Waals surface area (Å²) < 4.78 is 0. The molecule has 62 valence electrons. The summed E-state index contributed by atoms with van der Waals surface area (Å²) in [4.78, 5) is 16.5. The third kappa shape index (κ3) is 955. The van der Waals surface area contributed by atoms with Crippen LogP contribution in [0.2, 0.25) is 0 Å². The van der Waals surface area contributed by atoms with E-state index in [1.807, 2.05) is 0 Å². The van der Waals surface area contributed by atoms with E-state index in [4.69, 9.17) is 35.7 Å². The first kappa shape index (κ1) is 22.4. The Morgan fingerprint density at radius 3 is 0.909 bits per heavy atom. The first-order valence-electron chi connectivity index (χ1n) is 1.54. The fraction of sp³-hybridized carbons (Fsp3) is 1.00. The number of hydrogen-bond donors (Lipinski definition) is 1. The monoisotopic (exact) mass is 270 g/mol. The molecule has 0 unspecified atom stereocenters. The van der Waals surface area contributed by atoms with Crippen LogP contribution in [-0.4, -0.2) is 22.4 Å². The molecule has 0 spiro atoms. The summed E-state index contributed by atoms with van der Waals surface area (Å²) in [6.07, 6.45) is 0. The zero-order chi connectivity index (χ0) is 9.15. The van der Waals surface area contributed by atoms with Crippen molar-refractivity contribution in [2.45, 2.75) is 0 Å². The van der Waals surface area contributed by atoms with Crippen LogP contribution in [0.4, 0.5) is 0 Å². The maximum absolute atomic E-state index is 8.25. The number of rotatable bonds is 0. The molecule has 0 aromatic carbocycles. The predicted molar refractivity (Wildman–Crippen MR) is 28.9 cm³/mol. The van der Waals surface area contributed by atoms with Crippen LogP contribution < -0.4 is 0 Å². The van der Waals surface area contributed by atoms with Crippen LogP contribution >= 0.6 is 0 Å². The molecule has 0 radical (unpaired) electrons. The molecular weight excluding hydrogens is 264 g/mol. The second kappa shape index (κ2) is 22.8. The van der Waals surface area contributed by atoms with Gasteiger partial charge in [0.05, 0.1) is 10.2 Å². The molecule has 0 aliphatic heterocycles. The molecular formula is CH4CdN2O7. The molecule has 0 fully saturated rings. The van der Waals surface area contributed by atoms with E-state index in [0.29, 0.717) is 0 Å². The summed E-state index contributed by atoms with van der Waals surface area (Å²) in [5.41, 5.74) is 0. The normalized spacial score (nSPS) is 4.91. The summed E-state index contributed by atoms with van der Waals surface area (Å²) >= 11 is 0. The summed E-state index contributed by atoms with van der Waals surface area (Å²) in [5.74, 6) is 0. The van der Waals surface area contributed by atoms with Gasteiger partial charge in [-0.3, -0.25) is 0 Å². The number of aliphatic hydroxyl groups excluding tert-OH is 1. The van der Waals surface area contributed by atoms with Crippen LogP contribution in [-0.2, 0) is 27.3 Å². The van der Waals surface area contributed by atoms with E-state index in [2.05, 4.69) is 0 Å². The topological polar surface area (TPSA) is 153 Å². The van der Waals surface area contributed by atoms with Crippen LogP contribution in [0.15, 0.2) is 0 Å². The van der Waals surface area contributed by atoms with Gasteiger partial charge < -0.3 is 35.7 Å². The Morgan fingerprint density at radius 2 is 0.909 bits per heavy atom. The van der Waals surface area contributed by atoms with E-state index in [1.165, 1.54) is 0 Å². The molecule has 0 heterocycles. The van der Waals surface area contributed by atoms with E-state index in [0.717, 1.165) is 7.11 Å². The van der Waals surface area contributed by atoms with Crippen molar-refractivity contribution in [2.75, 3.05) is 7.11 Å². The molecule has 0 saturated carbocycles. The summed E-state index contributed by atoms with van der Waals surface area (Å²) in [6, 6.07) is 0. The minimum Gasteiger partial charge on any atom is -0.400 e. The Morgan fingerprint density at radius 1 is 0.909 bits per heavy atom. The van der Waals surface area contributed by atoms with Gasteiger partial charge in [0.1, 0.15) is 0 Å². The van der Waals surface area contributed by atoms with Crippen molar-refractivity contribution in [3.63, 3.8) is 0 Å². The zero-order valence-corrected chi connectivity index (χ0v) is 9.53. The van der Waals surface area contributed by atoms with Gasteiger partial charge in [0.25, 0.3) is 0 Å². The number of aliphatic hydroxyl groups is 1. The van der Waals surface area contributed by atoms with Crippen molar-refractivity contribution in [2.24, 2.45) is 0 Å². The number of hydrogen-bond acceptors (Lipinski definition) is 7. The summed E-state index contributed by atoms with van der Waals surface area (Å²) in [7, 11) is 1.00. The van der Waals surface area contributed by atoms with Gasteiger partial charge in [-0.05, 0) is 0 Å². The SMILES string of the molecule is CO.O=[N+]([O-])[O-].O=[N+]([O-])[O-].[Cd+2]. The second-order valence-electron chi connectivity index (χ2n) is 0.447. The molecule has 0 aliphatic carbocycles. The Labute approximate surface area is 80.6 Å². The van der Waals surface area contributed by atoms with Gasteiger partial charge >= 0.3 is 27.3 Å². The smallest absolute Gasteiger partial charge is 0.400 e. The van der Waals surface area contributed by atoms with Gasteiger partial charge in [-0.2, -0.15) is 0 Å². The Bertz CT molecular complexity index is 74.4. The van der Waals surface area contributed by atoms with Crippen molar-refractivity contribution in [3.8, 4) is 0 Å². The summed E-state index contributed by atoms with van der Waals surface area (Å²) in [5, 5.41) is 36.5. The van der Waals surface area contributed by atoms with Gasteiger partial charge in [-0.15, -0.1) is 0 Å².